The van der Waals surface area contributed by atoms with Crippen LogP contribution in [0, 0.1) is 0 Å². The van der Waals surface area contributed by atoms with Gasteiger partial charge in [0.15, 0.2) is 0 Å². The molecule has 84 valence electrons. The highest BCUT2D eigenvalue weighted by atomic mass is 16.1. The van der Waals surface area contributed by atoms with Gasteiger partial charge in [-0.3, -0.25) is 4.79 Å². The second-order valence-electron chi connectivity index (χ2n) is 4.46. The lowest BCUT2D eigenvalue weighted by molar-refractivity contribution is 0.346. The van der Waals surface area contributed by atoms with E-state index in [9.17, 15) is 4.79 Å². The summed E-state index contributed by atoms with van der Waals surface area (Å²) < 4.78 is 3.64. The molecule has 0 atom stereocenters. The van der Waals surface area contributed by atoms with E-state index in [1.807, 2.05) is 23.2 Å². The Bertz CT molecular complexity index is 549. The van der Waals surface area contributed by atoms with Crippen molar-refractivity contribution in [2.75, 3.05) is 0 Å². The molecule has 0 aliphatic heterocycles. The van der Waals surface area contributed by atoms with Crippen LogP contribution in [0.15, 0.2) is 29.6 Å². The predicted octanol–water partition coefficient (Wildman–Crippen LogP) is 2.00. The van der Waals surface area contributed by atoms with Gasteiger partial charge in [-0.2, -0.15) is 0 Å². The van der Waals surface area contributed by atoms with Crippen LogP contribution in [0.2, 0.25) is 0 Å². The average Bonchev–Trinajstić information content (AvgIpc) is 2.80. The second kappa shape index (κ2) is 3.77. The molecule has 1 saturated carbocycles. The van der Waals surface area contributed by atoms with E-state index in [2.05, 4.69) is 4.98 Å². The van der Waals surface area contributed by atoms with Crippen LogP contribution < -0.4 is 5.56 Å². The van der Waals surface area contributed by atoms with Crippen molar-refractivity contribution in [3.63, 3.8) is 0 Å². The Morgan fingerprint density at radius 1 is 1.12 bits per heavy atom. The molecule has 2 heterocycles. The first-order valence-corrected chi connectivity index (χ1v) is 5.90. The molecular formula is C12H15N3O. The molecule has 0 amide bonds. The second-order valence-corrected chi connectivity index (χ2v) is 4.46. The summed E-state index contributed by atoms with van der Waals surface area (Å²) in [5, 5.41) is 0. The zero-order valence-corrected chi connectivity index (χ0v) is 9.17. The minimum atomic E-state index is 0.0411. The third kappa shape index (κ3) is 1.45. The van der Waals surface area contributed by atoms with Gasteiger partial charge in [0.25, 0.3) is 5.56 Å². The lowest BCUT2D eigenvalue weighted by Crippen LogP contribution is -2.27. The molecule has 2 aromatic heterocycles. The largest absolute Gasteiger partial charge is 0.308 e. The molecule has 0 radical (unpaired) electrons. The van der Waals surface area contributed by atoms with Gasteiger partial charge in [0.2, 0.25) is 5.65 Å². The van der Waals surface area contributed by atoms with Crippen LogP contribution in [0.4, 0.5) is 0 Å². The number of imidazole rings is 1. The fourth-order valence-electron chi connectivity index (χ4n) is 2.57. The van der Waals surface area contributed by atoms with E-state index < -0.39 is 0 Å². The minimum absolute atomic E-state index is 0.0411. The Morgan fingerprint density at radius 3 is 2.75 bits per heavy atom. The maximum Gasteiger partial charge on any atom is 0.294 e. The molecule has 4 nitrogen and oxygen atoms in total. The van der Waals surface area contributed by atoms with Gasteiger partial charge in [-0.25, -0.2) is 4.98 Å². The molecule has 16 heavy (non-hydrogen) atoms. The van der Waals surface area contributed by atoms with Gasteiger partial charge in [0, 0.05) is 30.8 Å². The third-order valence-corrected chi connectivity index (χ3v) is 3.45. The van der Waals surface area contributed by atoms with Crippen LogP contribution in [-0.2, 0) is 0 Å². The molecular weight excluding hydrogens is 202 g/mol. The highest BCUT2D eigenvalue weighted by molar-refractivity contribution is 5.34. The average molecular weight is 217 g/mol. The molecule has 0 unspecified atom stereocenters. The lowest BCUT2D eigenvalue weighted by atomic mass is 9.95. The third-order valence-electron chi connectivity index (χ3n) is 3.45. The van der Waals surface area contributed by atoms with Crippen LogP contribution in [0.3, 0.4) is 0 Å². The number of hydrogen-bond donors (Lipinski definition) is 0. The number of aromatic nitrogens is 3. The minimum Gasteiger partial charge on any atom is -0.308 e. The summed E-state index contributed by atoms with van der Waals surface area (Å²) in [7, 11) is 0. The smallest absolute Gasteiger partial charge is 0.294 e. The van der Waals surface area contributed by atoms with Crippen molar-refractivity contribution in [2.45, 2.75) is 38.1 Å². The van der Waals surface area contributed by atoms with Gasteiger partial charge >= 0.3 is 0 Å². The van der Waals surface area contributed by atoms with Gasteiger partial charge in [-0.15, -0.1) is 0 Å². The molecule has 0 N–H and O–H groups in total. The van der Waals surface area contributed by atoms with Crippen molar-refractivity contribution < 1.29 is 0 Å². The summed E-state index contributed by atoms with van der Waals surface area (Å²) in [6, 6.07) is 0.378. The predicted molar refractivity (Wildman–Crippen MR) is 61.6 cm³/mol. The summed E-state index contributed by atoms with van der Waals surface area (Å²) in [5.74, 6) is 0. The molecule has 0 spiro atoms. The summed E-state index contributed by atoms with van der Waals surface area (Å²) in [6.07, 6.45) is 13.3. The van der Waals surface area contributed by atoms with E-state index >= 15 is 0 Å². The molecule has 0 aromatic carbocycles. The molecule has 1 aliphatic carbocycles. The van der Waals surface area contributed by atoms with E-state index in [1.54, 1.807) is 10.6 Å². The Labute approximate surface area is 93.5 Å². The summed E-state index contributed by atoms with van der Waals surface area (Å²) >= 11 is 0. The van der Waals surface area contributed by atoms with Crippen molar-refractivity contribution in [1.82, 2.24) is 14.0 Å². The monoisotopic (exact) mass is 217 g/mol. The summed E-state index contributed by atoms with van der Waals surface area (Å²) in [5.41, 5.74) is 0.576. The number of nitrogens with zero attached hydrogens (tertiary/aromatic N) is 3. The van der Waals surface area contributed by atoms with Crippen molar-refractivity contribution in [1.29, 1.82) is 0 Å². The van der Waals surface area contributed by atoms with Crippen LogP contribution in [0.1, 0.15) is 38.1 Å². The van der Waals surface area contributed by atoms with Crippen molar-refractivity contribution in [3.05, 3.63) is 35.1 Å². The van der Waals surface area contributed by atoms with Crippen LogP contribution >= 0.6 is 0 Å². The number of fused-ring (bicyclic) bond motifs is 1. The van der Waals surface area contributed by atoms with Gasteiger partial charge in [0.1, 0.15) is 0 Å². The first-order valence-electron chi connectivity index (χ1n) is 5.90. The Hall–Kier alpha value is -1.58. The molecule has 1 aliphatic rings. The standard InChI is InChI=1S/C12H15N3O/c16-12-11-13-6-7-14(11)8-9-15(12)10-4-2-1-3-5-10/h6-10H,1-5H2. The number of hydrogen-bond acceptors (Lipinski definition) is 2. The maximum atomic E-state index is 12.2. The van der Waals surface area contributed by atoms with E-state index in [0.717, 1.165) is 12.8 Å². The SMILES string of the molecule is O=c1c2nccn2ccn1C1CCCCC1. The van der Waals surface area contributed by atoms with Crippen molar-refractivity contribution in [2.24, 2.45) is 0 Å². The van der Waals surface area contributed by atoms with Crippen LogP contribution in [0.5, 0.6) is 0 Å². The fourth-order valence-corrected chi connectivity index (χ4v) is 2.57. The Balaban J connectivity index is 2.09. The first-order chi connectivity index (χ1) is 7.86. The number of rotatable bonds is 1. The Morgan fingerprint density at radius 2 is 1.94 bits per heavy atom. The maximum absolute atomic E-state index is 12.2. The van der Waals surface area contributed by atoms with Crippen LogP contribution in [-0.4, -0.2) is 14.0 Å². The zero-order valence-electron chi connectivity index (χ0n) is 9.17. The highest BCUT2D eigenvalue weighted by Gasteiger charge is 2.17. The zero-order chi connectivity index (χ0) is 11.0. The highest BCUT2D eigenvalue weighted by Crippen LogP contribution is 2.26. The molecule has 0 saturated heterocycles. The Kier molecular flexibility index (Phi) is 2.27. The molecule has 3 rings (SSSR count). The van der Waals surface area contributed by atoms with Gasteiger partial charge in [-0.05, 0) is 12.8 Å². The summed E-state index contributed by atoms with van der Waals surface area (Å²) in [6.45, 7) is 0. The van der Waals surface area contributed by atoms with E-state index in [1.165, 1.54) is 19.3 Å². The van der Waals surface area contributed by atoms with Gasteiger partial charge < -0.3 is 8.97 Å². The van der Waals surface area contributed by atoms with Crippen LogP contribution in [0.25, 0.3) is 5.65 Å². The topological polar surface area (TPSA) is 39.3 Å². The first kappa shape index (κ1) is 9.63. The molecule has 4 heteroatoms. The molecule has 2 aromatic rings. The molecule has 0 bridgehead atoms. The normalized spacial score (nSPS) is 18.0. The lowest BCUT2D eigenvalue weighted by Gasteiger charge is -2.23. The van der Waals surface area contributed by atoms with E-state index in [4.69, 9.17) is 0 Å². The molecule has 1 fully saturated rings. The van der Waals surface area contributed by atoms with Gasteiger partial charge in [0.05, 0.1) is 0 Å². The quantitative estimate of drug-likeness (QED) is 0.733. The fraction of sp³-hybridized carbons (Fsp3) is 0.500. The van der Waals surface area contributed by atoms with E-state index in [0.29, 0.717) is 11.7 Å². The van der Waals surface area contributed by atoms with Crippen molar-refractivity contribution in [3.8, 4) is 0 Å². The van der Waals surface area contributed by atoms with Gasteiger partial charge in [-0.1, -0.05) is 19.3 Å². The van der Waals surface area contributed by atoms with E-state index in [-0.39, 0.29) is 5.56 Å². The summed E-state index contributed by atoms with van der Waals surface area (Å²) in [4.78, 5) is 16.3. The van der Waals surface area contributed by atoms with Crippen molar-refractivity contribution >= 4 is 5.65 Å².